The molecule has 0 radical (unpaired) electrons. The van der Waals surface area contributed by atoms with Gasteiger partial charge in [-0.1, -0.05) is 19.1 Å². The lowest BCUT2D eigenvalue weighted by Gasteiger charge is -2.10. The van der Waals surface area contributed by atoms with Gasteiger partial charge in [-0.15, -0.1) is 0 Å². The van der Waals surface area contributed by atoms with Crippen molar-refractivity contribution in [3.63, 3.8) is 0 Å². The number of hydrogen-bond acceptors (Lipinski definition) is 3. The van der Waals surface area contributed by atoms with Crippen molar-refractivity contribution < 1.29 is 4.74 Å². The average molecular weight is 214 g/mol. The van der Waals surface area contributed by atoms with Crippen LogP contribution in [0.1, 0.15) is 18.1 Å². The van der Waals surface area contributed by atoms with Gasteiger partial charge in [-0.25, -0.2) is 0 Å². The molecule has 0 aliphatic heterocycles. The van der Waals surface area contributed by atoms with Crippen LogP contribution in [0, 0.1) is 28.6 Å². The van der Waals surface area contributed by atoms with E-state index in [9.17, 15) is 0 Å². The molecule has 0 bridgehead atoms. The fraction of sp³-hybridized carbons (Fsp3) is 0.385. The second-order valence-corrected chi connectivity index (χ2v) is 3.51. The van der Waals surface area contributed by atoms with E-state index >= 15 is 0 Å². The summed E-state index contributed by atoms with van der Waals surface area (Å²) in [6.45, 7) is 2.07. The van der Waals surface area contributed by atoms with Crippen LogP contribution in [0.4, 0.5) is 0 Å². The van der Waals surface area contributed by atoms with E-state index in [1.54, 1.807) is 7.11 Å². The molecule has 0 spiro atoms. The van der Waals surface area contributed by atoms with Crippen LogP contribution in [0.25, 0.3) is 0 Å². The smallest absolute Gasteiger partial charge is 0.137 e. The maximum absolute atomic E-state index is 8.76. The first-order valence-corrected chi connectivity index (χ1v) is 5.20. The molecule has 0 aromatic heterocycles. The minimum Gasteiger partial charge on any atom is -0.496 e. The molecule has 0 fully saturated rings. The van der Waals surface area contributed by atoms with Crippen molar-refractivity contribution in [2.75, 3.05) is 7.11 Å². The van der Waals surface area contributed by atoms with E-state index in [2.05, 4.69) is 6.92 Å². The summed E-state index contributed by atoms with van der Waals surface area (Å²) in [6.07, 6.45) is 1.35. The highest BCUT2D eigenvalue weighted by Crippen LogP contribution is 2.23. The van der Waals surface area contributed by atoms with Gasteiger partial charge in [-0.05, 0) is 23.6 Å². The zero-order valence-corrected chi connectivity index (χ0v) is 9.53. The Bertz CT molecular complexity index is 426. The van der Waals surface area contributed by atoms with Gasteiger partial charge in [-0.2, -0.15) is 10.5 Å². The normalized spacial score (nSPS) is 9.56. The van der Waals surface area contributed by atoms with Gasteiger partial charge in [0.2, 0.25) is 0 Å². The molecule has 3 heteroatoms. The molecule has 0 saturated carbocycles. The Morgan fingerprint density at radius 3 is 2.50 bits per heavy atom. The molecule has 0 aliphatic carbocycles. The summed E-state index contributed by atoms with van der Waals surface area (Å²) in [5.74, 6) is 0.133. The molecule has 3 nitrogen and oxygen atoms in total. The predicted octanol–water partition coefficient (Wildman–Crippen LogP) is 2.46. The first-order chi connectivity index (χ1) is 7.74. The van der Waals surface area contributed by atoms with Gasteiger partial charge in [0.15, 0.2) is 0 Å². The molecule has 82 valence electrons. The summed E-state index contributed by atoms with van der Waals surface area (Å²) in [6, 6.07) is 9.83. The van der Waals surface area contributed by atoms with Crippen LogP contribution in [-0.4, -0.2) is 7.11 Å². The summed E-state index contributed by atoms with van der Waals surface area (Å²) in [5.41, 5.74) is 2.11. The average Bonchev–Trinajstić information content (AvgIpc) is 2.35. The van der Waals surface area contributed by atoms with Gasteiger partial charge in [0.25, 0.3) is 0 Å². The number of nitriles is 2. The van der Waals surface area contributed by atoms with Crippen LogP contribution in [0.5, 0.6) is 5.75 Å². The van der Waals surface area contributed by atoms with Crippen molar-refractivity contribution in [3.05, 3.63) is 29.3 Å². The second kappa shape index (κ2) is 5.78. The van der Waals surface area contributed by atoms with E-state index in [1.807, 2.05) is 30.3 Å². The molecule has 0 N–H and O–H groups in total. The molecular formula is C13H14N2O. The first kappa shape index (κ1) is 12.1. The minimum absolute atomic E-state index is 0.421. The fourth-order valence-corrected chi connectivity index (χ4v) is 1.55. The highest BCUT2D eigenvalue weighted by molar-refractivity contribution is 5.38. The Hall–Kier alpha value is -2.00. The van der Waals surface area contributed by atoms with Crippen LogP contribution < -0.4 is 4.74 Å². The van der Waals surface area contributed by atoms with Gasteiger partial charge in [0, 0.05) is 6.42 Å². The van der Waals surface area contributed by atoms with E-state index in [1.165, 1.54) is 5.56 Å². The standard InChI is InChI=1S/C13H14N2O/c1-3-10-4-5-13(16-2)12(6-10)7-11(8-14)9-15/h4-6,11H,3,7H2,1-2H3. The van der Waals surface area contributed by atoms with Crippen molar-refractivity contribution >= 4 is 0 Å². The third kappa shape index (κ3) is 2.74. The van der Waals surface area contributed by atoms with Crippen molar-refractivity contribution in [1.29, 1.82) is 10.5 Å². The number of rotatable bonds is 4. The van der Waals surface area contributed by atoms with Crippen molar-refractivity contribution in [3.8, 4) is 17.9 Å². The van der Waals surface area contributed by atoms with Crippen molar-refractivity contribution in [2.24, 2.45) is 5.92 Å². The summed E-state index contributed by atoms with van der Waals surface area (Å²) < 4.78 is 5.22. The SMILES string of the molecule is CCc1ccc(OC)c(CC(C#N)C#N)c1. The topological polar surface area (TPSA) is 56.8 Å². The lowest BCUT2D eigenvalue weighted by Crippen LogP contribution is -2.01. The van der Waals surface area contributed by atoms with E-state index in [-0.39, 0.29) is 0 Å². The van der Waals surface area contributed by atoms with Crippen molar-refractivity contribution in [2.45, 2.75) is 19.8 Å². The summed E-state index contributed by atoms with van der Waals surface area (Å²) in [5, 5.41) is 17.5. The maximum Gasteiger partial charge on any atom is 0.137 e. The summed E-state index contributed by atoms with van der Waals surface area (Å²) >= 11 is 0. The number of hydrogen-bond donors (Lipinski definition) is 0. The van der Waals surface area contributed by atoms with E-state index < -0.39 is 5.92 Å². The predicted molar refractivity (Wildman–Crippen MR) is 60.8 cm³/mol. The summed E-state index contributed by atoms with van der Waals surface area (Å²) in [7, 11) is 1.60. The quantitative estimate of drug-likeness (QED) is 0.773. The molecule has 0 heterocycles. The molecule has 0 atom stereocenters. The second-order valence-electron chi connectivity index (χ2n) is 3.51. The van der Waals surface area contributed by atoms with Crippen LogP contribution in [0.2, 0.25) is 0 Å². The highest BCUT2D eigenvalue weighted by atomic mass is 16.5. The first-order valence-electron chi connectivity index (χ1n) is 5.20. The number of nitrogens with zero attached hydrogens (tertiary/aromatic N) is 2. The molecule has 1 rings (SSSR count). The Morgan fingerprint density at radius 1 is 1.31 bits per heavy atom. The largest absolute Gasteiger partial charge is 0.496 e. The number of benzene rings is 1. The van der Waals surface area contributed by atoms with Crippen LogP contribution in [-0.2, 0) is 12.8 Å². The Kier molecular flexibility index (Phi) is 4.36. The number of methoxy groups -OCH3 is 1. The Labute approximate surface area is 95.9 Å². The highest BCUT2D eigenvalue weighted by Gasteiger charge is 2.11. The zero-order chi connectivity index (χ0) is 12.0. The maximum atomic E-state index is 8.76. The lowest BCUT2D eigenvalue weighted by atomic mass is 9.98. The minimum atomic E-state index is -0.610. The monoisotopic (exact) mass is 214 g/mol. The molecule has 0 unspecified atom stereocenters. The molecule has 0 saturated heterocycles. The van der Waals surface area contributed by atoms with Gasteiger partial charge in [0.1, 0.15) is 11.7 Å². The molecular weight excluding hydrogens is 200 g/mol. The van der Waals surface area contributed by atoms with Crippen LogP contribution in [0.15, 0.2) is 18.2 Å². The van der Waals surface area contributed by atoms with Gasteiger partial charge < -0.3 is 4.74 Å². The number of aryl methyl sites for hydroxylation is 1. The molecule has 16 heavy (non-hydrogen) atoms. The Balaban J connectivity index is 3.01. The van der Waals surface area contributed by atoms with E-state index in [4.69, 9.17) is 15.3 Å². The zero-order valence-electron chi connectivity index (χ0n) is 9.53. The van der Waals surface area contributed by atoms with Crippen LogP contribution >= 0.6 is 0 Å². The summed E-state index contributed by atoms with van der Waals surface area (Å²) in [4.78, 5) is 0. The molecule has 1 aromatic rings. The third-order valence-electron chi connectivity index (χ3n) is 2.49. The molecule has 0 amide bonds. The fourth-order valence-electron chi connectivity index (χ4n) is 1.55. The van der Waals surface area contributed by atoms with Crippen LogP contribution in [0.3, 0.4) is 0 Å². The van der Waals surface area contributed by atoms with Crippen molar-refractivity contribution in [1.82, 2.24) is 0 Å². The molecule has 0 aliphatic rings. The van der Waals surface area contributed by atoms with E-state index in [0.29, 0.717) is 6.42 Å². The van der Waals surface area contributed by atoms with Gasteiger partial charge >= 0.3 is 0 Å². The van der Waals surface area contributed by atoms with Gasteiger partial charge in [-0.3, -0.25) is 0 Å². The van der Waals surface area contributed by atoms with E-state index in [0.717, 1.165) is 17.7 Å². The lowest BCUT2D eigenvalue weighted by molar-refractivity contribution is 0.408. The molecule has 1 aromatic carbocycles. The van der Waals surface area contributed by atoms with Gasteiger partial charge in [0.05, 0.1) is 19.2 Å². The third-order valence-corrected chi connectivity index (χ3v) is 2.49. The number of ether oxygens (including phenoxy) is 1. The Morgan fingerprint density at radius 2 is 2.00 bits per heavy atom.